The van der Waals surface area contributed by atoms with Gasteiger partial charge in [0.25, 0.3) is 0 Å². The zero-order valence-electron chi connectivity index (χ0n) is 15.3. The molecule has 1 aromatic carbocycles. The van der Waals surface area contributed by atoms with E-state index in [1.807, 2.05) is 0 Å². The molecule has 0 aliphatic rings. The van der Waals surface area contributed by atoms with Gasteiger partial charge in [0.15, 0.2) is 11.6 Å². The first-order valence-corrected chi connectivity index (χ1v) is 9.81. The summed E-state index contributed by atoms with van der Waals surface area (Å²) in [5, 5.41) is 0.275. The van der Waals surface area contributed by atoms with Gasteiger partial charge in [0.05, 0.1) is 0 Å². The number of hydrogen-bond acceptors (Lipinski definition) is 0. The van der Waals surface area contributed by atoms with Gasteiger partial charge in [-0.2, -0.15) is 0 Å². The number of rotatable bonds is 10. The van der Waals surface area contributed by atoms with Gasteiger partial charge in [-0.1, -0.05) is 84.5 Å². The van der Waals surface area contributed by atoms with Crippen LogP contribution in [0.25, 0.3) is 0 Å². The minimum atomic E-state index is -0.787. The molecule has 0 nitrogen and oxygen atoms in total. The van der Waals surface area contributed by atoms with Gasteiger partial charge in [0.1, 0.15) is 0 Å². The van der Waals surface area contributed by atoms with E-state index in [4.69, 9.17) is 0 Å². The molecule has 1 rings (SSSR count). The van der Waals surface area contributed by atoms with Crippen molar-refractivity contribution in [2.75, 3.05) is 0 Å². The van der Waals surface area contributed by atoms with E-state index >= 15 is 0 Å². The lowest BCUT2D eigenvalue weighted by Crippen LogP contribution is -2.02. The van der Waals surface area contributed by atoms with Crippen molar-refractivity contribution in [1.29, 1.82) is 0 Å². The number of hydrogen-bond donors (Lipinski definition) is 0. The first kappa shape index (κ1) is 22.5. The van der Waals surface area contributed by atoms with Crippen molar-refractivity contribution in [3.63, 3.8) is 0 Å². The van der Waals surface area contributed by atoms with Gasteiger partial charge in [-0.3, -0.25) is 0 Å². The van der Waals surface area contributed by atoms with Gasteiger partial charge in [0.2, 0.25) is 0 Å². The van der Waals surface area contributed by atoms with Crippen LogP contribution in [0.1, 0.15) is 90.0 Å². The summed E-state index contributed by atoms with van der Waals surface area (Å²) in [6.45, 7) is 6.28. The Labute approximate surface area is 144 Å². The lowest BCUT2D eigenvalue weighted by Gasteiger charge is -2.00. The Morgan fingerprint density at radius 3 is 1.48 bits per heavy atom. The summed E-state index contributed by atoms with van der Waals surface area (Å²) in [5.74, 6) is -1.57. The highest BCUT2D eigenvalue weighted by molar-refractivity contribution is 7.27. The molecule has 134 valence electrons. The van der Waals surface area contributed by atoms with Crippen molar-refractivity contribution in [3.8, 4) is 0 Å². The van der Waals surface area contributed by atoms with E-state index in [1.54, 1.807) is 13.0 Å². The molecule has 0 aromatic heterocycles. The third-order valence-corrected chi connectivity index (χ3v) is 4.33. The number of benzene rings is 1. The molecule has 1 unspecified atom stereocenters. The maximum atomic E-state index is 12.5. The predicted molar refractivity (Wildman–Crippen MR) is 103 cm³/mol. The summed E-state index contributed by atoms with van der Waals surface area (Å²) in [5.41, 5.74) is 0.726. The van der Waals surface area contributed by atoms with E-state index in [0.29, 0.717) is 0 Å². The van der Waals surface area contributed by atoms with Crippen LogP contribution in [-0.2, 0) is 0 Å². The molecule has 1 aromatic rings. The van der Waals surface area contributed by atoms with Crippen LogP contribution in [0.4, 0.5) is 8.78 Å². The molecular weight excluding hydrogens is 309 g/mol. The molecule has 0 aliphatic heterocycles. The third kappa shape index (κ3) is 12.6. The van der Waals surface area contributed by atoms with Gasteiger partial charge >= 0.3 is 0 Å². The van der Waals surface area contributed by atoms with Crippen molar-refractivity contribution in [1.82, 2.24) is 0 Å². The molecule has 0 heterocycles. The van der Waals surface area contributed by atoms with Crippen LogP contribution in [0.2, 0.25) is 0 Å². The Hall–Kier alpha value is -0.490. The fourth-order valence-corrected chi connectivity index (χ4v) is 2.89. The Kier molecular flexibility index (Phi) is 14.7. The molecule has 0 saturated carbocycles. The van der Waals surface area contributed by atoms with Gasteiger partial charge in [0, 0.05) is 5.30 Å². The summed E-state index contributed by atoms with van der Waals surface area (Å²) >= 11 is 0. The van der Waals surface area contributed by atoms with Crippen molar-refractivity contribution < 1.29 is 8.78 Å². The molecule has 0 bridgehead atoms. The van der Waals surface area contributed by atoms with Gasteiger partial charge in [-0.25, -0.2) is 8.78 Å². The summed E-state index contributed by atoms with van der Waals surface area (Å²) in [4.78, 5) is 0. The van der Waals surface area contributed by atoms with Crippen LogP contribution in [-0.4, -0.2) is 0 Å². The lowest BCUT2D eigenvalue weighted by molar-refractivity contribution is 0.513. The number of halogens is 2. The summed E-state index contributed by atoms with van der Waals surface area (Å²) in [7, 11) is 2.14. The zero-order chi connectivity index (χ0) is 17.5. The molecule has 23 heavy (non-hydrogen) atoms. The zero-order valence-corrected chi connectivity index (χ0v) is 16.4. The Balaban J connectivity index is 0.000000433. The van der Waals surface area contributed by atoms with Crippen LogP contribution in [0.3, 0.4) is 0 Å². The van der Waals surface area contributed by atoms with Crippen molar-refractivity contribution in [3.05, 3.63) is 29.3 Å². The second-order valence-electron chi connectivity index (χ2n) is 6.33. The molecule has 0 aliphatic carbocycles. The monoisotopic (exact) mass is 344 g/mol. The largest absolute Gasteiger partial charge is 0.204 e. The fourth-order valence-electron chi connectivity index (χ4n) is 2.49. The second-order valence-corrected chi connectivity index (χ2v) is 6.95. The maximum absolute atomic E-state index is 12.5. The van der Waals surface area contributed by atoms with Crippen molar-refractivity contribution in [2.45, 2.75) is 91.4 Å². The summed E-state index contributed by atoms with van der Waals surface area (Å²) in [6, 6.07) is 2.74. The molecule has 0 spiro atoms. The van der Waals surface area contributed by atoms with E-state index in [2.05, 4.69) is 23.1 Å². The van der Waals surface area contributed by atoms with E-state index in [-0.39, 0.29) is 5.30 Å². The molecule has 0 amide bonds. The molecule has 1 atom stereocenters. The smallest absolute Gasteiger partial charge is 0.165 e. The quantitative estimate of drug-likeness (QED) is 0.314. The van der Waals surface area contributed by atoms with Crippen LogP contribution in [0, 0.1) is 18.6 Å². The fraction of sp³-hybridized carbons (Fsp3) is 0.700. The lowest BCUT2D eigenvalue weighted by atomic mass is 10.1. The molecular formula is C20H35F2P. The van der Waals surface area contributed by atoms with Gasteiger partial charge in [-0.15, -0.1) is 9.24 Å². The highest BCUT2D eigenvalue weighted by atomic mass is 31.0. The van der Waals surface area contributed by atoms with Crippen LogP contribution in [0.15, 0.2) is 12.1 Å². The molecule has 3 heteroatoms. The highest BCUT2D eigenvalue weighted by Gasteiger charge is 2.04. The number of aryl methyl sites for hydroxylation is 1. The minimum absolute atomic E-state index is 0.275. The highest BCUT2D eigenvalue weighted by Crippen LogP contribution is 2.11. The van der Waals surface area contributed by atoms with Crippen LogP contribution < -0.4 is 5.30 Å². The van der Waals surface area contributed by atoms with E-state index in [0.717, 1.165) is 5.56 Å². The van der Waals surface area contributed by atoms with E-state index in [9.17, 15) is 8.78 Å². The standard InChI is InChI=1S/C13H28.C7H7F2P/c1-3-5-7-9-11-13-12-10-8-6-4-2;1-4-2-5(8)7(9)6(10)3-4/h3-13H2,1-2H3;2-3H,10H2,1H3. The van der Waals surface area contributed by atoms with Crippen molar-refractivity contribution in [2.24, 2.45) is 0 Å². The molecule has 0 saturated heterocycles. The van der Waals surface area contributed by atoms with Gasteiger partial charge in [-0.05, 0) is 24.6 Å². The third-order valence-electron chi connectivity index (χ3n) is 3.91. The van der Waals surface area contributed by atoms with Crippen molar-refractivity contribution >= 4 is 14.5 Å². The summed E-state index contributed by atoms with van der Waals surface area (Å²) < 4.78 is 25.0. The SMILES string of the molecule is CCCCCCCCCCCCC.Cc1cc(F)c(F)c(P)c1. The first-order valence-electron chi connectivity index (χ1n) is 9.24. The van der Waals surface area contributed by atoms with Crippen LogP contribution in [0.5, 0.6) is 0 Å². The van der Waals surface area contributed by atoms with Crippen LogP contribution >= 0.6 is 9.24 Å². The Bertz CT molecular complexity index is 372. The molecule has 0 N–H and O–H groups in total. The average Bonchev–Trinajstić information content (AvgIpc) is 2.51. The minimum Gasteiger partial charge on any atom is -0.204 e. The first-order chi connectivity index (χ1) is 11.0. The van der Waals surface area contributed by atoms with E-state index < -0.39 is 11.6 Å². The molecule has 0 fully saturated rings. The van der Waals surface area contributed by atoms with E-state index in [1.165, 1.54) is 76.7 Å². The maximum Gasteiger partial charge on any atom is 0.165 e. The van der Waals surface area contributed by atoms with Gasteiger partial charge < -0.3 is 0 Å². The second kappa shape index (κ2) is 15.1. The Morgan fingerprint density at radius 2 is 1.13 bits per heavy atom. The predicted octanol–water partition coefficient (Wildman–Crippen LogP) is 7.09. The Morgan fingerprint density at radius 1 is 0.739 bits per heavy atom. The number of unbranched alkanes of at least 4 members (excludes halogenated alkanes) is 10. The molecule has 0 radical (unpaired) electrons. The average molecular weight is 344 g/mol. The summed E-state index contributed by atoms with van der Waals surface area (Å²) in [6.07, 6.45) is 15.9. The topological polar surface area (TPSA) is 0 Å². The normalized spacial score (nSPS) is 10.3.